The molecule has 0 saturated carbocycles. The minimum Gasteiger partial charge on any atom is -0.394 e. The number of imidazole rings is 1. The number of hydrogen-bond acceptors (Lipinski definition) is 4. The minimum absolute atomic E-state index is 0.0539. The van der Waals surface area contributed by atoms with Gasteiger partial charge in [0, 0.05) is 25.7 Å². The summed E-state index contributed by atoms with van der Waals surface area (Å²) in [6, 6.07) is 8.64. The monoisotopic (exact) mass is 289 g/mol. The Bertz CT molecular complexity index is 611. The molecule has 0 bridgehead atoms. The van der Waals surface area contributed by atoms with E-state index in [-0.39, 0.29) is 12.7 Å². The lowest BCUT2D eigenvalue weighted by Crippen LogP contribution is -2.50. The van der Waals surface area contributed by atoms with Gasteiger partial charge in [0.2, 0.25) is 0 Å². The molecule has 0 radical (unpaired) electrons. The topological polar surface area (TPSA) is 50.5 Å². The number of benzene rings is 1. The highest BCUT2D eigenvalue weighted by Crippen LogP contribution is 2.17. The standard InChI is InChI=1S/C16H23N3O2/c1-12-11-21-14(10-20)9-18(12)7-8-19-13(2)17-15-5-3-4-6-16(15)19/h3-6,12,14,20H,7-11H2,1-2H3. The van der Waals surface area contributed by atoms with Crippen molar-refractivity contribution in [2.24, 2.45) is 0 Å². The Morgan fingerprint density at radius 1 is 1.33 bits per heavy atom. The molecule has 0 aliphatic carbocycles. The predicted octanol–water partition coefficient (Wildman–Crippen LogP) is 1.43. The number of ether oxygens (including phenoxy) is 1. The van der Waals surface area contributed by atoms with Gasteiger partial charge in [0.15, 0.2) is 0 Å². The molecule has 2 aromatic rings. The molecule has 2 heterocycles. The van der Waals surface area contributed by atoms with Crippen LogP contribution in [-0.2, 0) is 11.3 Å². The summed E-state index contributed by atoms with van der Waals surface area (Å²) in [7, 11) is 0. The van der Waals surface area contributed by atoms with E-state index in [0.717, 1.165) is 31.0 Å². The number of aromatic nitrogens is 2. The summed E-state index contributed by atoms with van der Waals surface area (Å²) >= 11 is 0. The molecule has 2 unspecified atom stereocenters. The Kier molecular flexibility index (Phi) is 4.24. The summed E-state index contributed by atoms with van der Waals surface area (Å²) in [6.07, 6.45) is -0.0539. The van der Waals surface area contributed by atoms with Gasteiger partial charge >= 0.3 is 0 Å². The third-order valence-corrected chi connectivity index (χ3v) is 4.29. The number of aliphatic hydroxyl groups is 1. The van der Waals surface area contributed by atoms with Gasteiger partial charge in [-0.05, 0) is 26.0 Å². The average molecular weight is 289 g/mol. The third-order valence-electron chi connectivity index (χ3n) is 4.29. The largest absolute Gasteiger partial charge is 0.394 e. The highest BCUT2D eigenvalue weighted by Gasteiger charge is 2.25. The zero-order valence-corrected chi connectivity index (χ0v) is 12.7. The summed E-state index contributed by atoms with van der Waals surface area (Å²) in [5.41, 5.74) is 2.24. The molecule has 3 rings (SSSR count). The van der Waals surface area contributed by atoms with Gasteiger partial charge in [0.1, 0.15) is 5.82 Å². The first-order valence-corrected chi connectivity index (χ1v) is 7.57. The molecular formula is C16H23N3O2. The highest BCUT2D eigenvalue weighted by molar-refractivity contribution is 5.75. The van der Waals surface area contributed by atoms with E-state index in [9.17, 15) is 5.11 Å². The average Bonchev–Trinajstić information content (AvgIpc) is 2.82. The van der Waals surface area contributed by atoms with E-state index in [4.69, 9.17) is 4.74 Å². The predicted molar refractivity (Wildman–Crippen MR) is 82.3 cm³/mol. The van der Waals surface area contributed by atoms with E-state index in [1.54, 1.807) is 0 Å². The van der Waals surface area contributed by atoms with Crippen LogP contribution < -0.4 is 0 Å². The number of fused-ring (bicyclic) bond motifs is 1. The van der Waals surface area contributed by atoms with Crippen LogP contribution in [0.2, 0.25) is 0 Å². The first-order valence-electron chi connectivity index (χ1n) is 7.57. The van der Waals surface area contributed by atoms with Crippen molar-refractivity contribution in [2.45, 2.75) is 32.5 Å². The number of hydrogen-bond donors (Lipinski definition) is 1. The fourth-order valence-electron chi connectivity index (χ4n) is 3.00. The summed E-state index contributed by atoms with van der Waals surface area (Å²) in [5, 5.41) is 9.27. The van der Waals surface area contributed by atoms with Gasteiger partial charge in [-0.1, -0.05) is 12.1 Å². The molecule has 2 atom stereocenters. The lowest BCUT2D eigenvalue weighted by molar-refractivity contribution is -0.0783. The number of aliphatic hydroxyl groups excluding tert-OH is 1. The van der Waals surface area contributed by atoms with E-state index >= 15 is 0 Å². The number of aryl methyl sites for hydroxylation is 1. The highest BCUT2D eigenvalue weighted by atomic mass is 16.5. The lowest BCUT2D eigenvalue weighted by Gasteiger charge is -2.37. The van der Waals surface area contributed by atoms with Crippen molar-refractivity contribution in [3.8, 4) is 0 Å². The van der Waals surface area contributed by atoms with E-state index in [1.807, 2.05) is 6.07 Å². The molecule has 5 nitrogen and oxygen atoms in total. The second-order valence-corrected chi connectivity index (χ2v) is 5.78. The Labute approximate surface area is 125 Å². The quantitative estimate of drug-likeness (QED) is 0.925. The van der Waals surface area contributed by atoms with Gasteiger partial charge in [-0.2, -0.15) is 0 Å². The summed E-state index contributed by atoms with van der Waals surface area (Å²) in [6.45, 7) is 7.66. The lowest BCUT2D eigenvalue weighted by atomic mass is 10.2. The van der Waals surface area contributed by atoms with Crippen molar-refractivity contribution in [3.05, 3.63) is 30.1 Å². The second-order valence-electron chi connectivity index (χ2n) is 5.78. The molecule has 1 aliphatic rings. The fourth-order valence-corrected chi connectivity index (χ4v) is 3.00. The summed E-state index contributed by atoms with van der Waals surface area (Å²) < 4.78 is 7.86. The van der Waals surface area contributed by atoms with E-state index < -0.39 is 0 Å². The smallest absolute Gasteiger partial charge is 0.106 e. The fraction of sp³-hybridized carbons (Fsp3) is 0.562. The van der Waals surface area contributed by atoms with E-state index in [0.29, 0.717) is 12.6 Å². The van der Waals surface area contributed by atoms with Crippen molar-refractivity contribution in [1.82, 2.24) is 14.5 Å². The number of morpholine rings is 1. The molecule has 1 N–H and O–H groups in total. The summed E-state index contributed by atoms with van der Waals surface area (Å²) in [4.78, 5) is 6.99. The summed E-state index contributed by atoms with van der Waals surface area (Å²) in [5.74, 6) is 1.05. The minimum atomic E-state index is -0.0539. The van der Waals surface area contributed by atoms with Crippen LogP contribution in [0.15, 0.2) is 24.3 Å². The number of nitrogens with zero attached hydrogens (tertiary/aromatic N) is 3. The molecule has 1 fully saturated rings. The van der Waals surface area contributed by atoms with Crippen LogP contribution in [0.1, 0.15) is 12.7 Å². The molecule has 5 heteroatoms. The van der Waals surface area contributed by atoms with E-state index in [2.05, 4.69) is 46.5 Å². The molecule has 1 aliphatic heterocycles. The van der Waals surface area contributed by atoms with Crippen LogP contribution in [0.3, 0.4) is 0 Å². The molecule has 21 heavy (non-hydrogen) atoms. The molecule has 1 aromatic heterocycles. The Morgan fingerprint density at radius 2 is 2.14 bits per heavy atom. The Morgan fingerprint density at radius 3 is 2.95 bits per heavy atom. The van der Waals surface area contributed by atoms with Gasteiger partial charge in [-0.25, -0.2) is 4.98 Å². The Balaban J connectivity index is 1.72. The van der Waals surface area contributed by atoms with Crippen LogP contribution in [0.5, 0.6) is 0 Å². The zero-order chi connectivity index (χ0) is 14.8. The van der Waals surface area contributed by atoms with Gasteiger partial charge in [-0.3, -0.25) is 4.90 Å². The maximum Gasteiger partial charge on any atom is 0.106 e. The normalized spacial score (nSPS) is 23.8. The molecule has 114 valence electrons. The zero-order valence-electron chi connectivity index (χ0n) is 12.7. The molecule has 0 spiro atoms. The third kappa shape index (κ3) is 2.95. The van der Waals surface area contributed by atoms with Crippen LogP contribution in [0, 0.1) is 6.92 Å². The first kappa shape index (κ1) is 14.5. The van der Waals surface area contributed by atoms with Crippen molar-refractivity contribution >= 4 is 11.0 Å². The maximum atomic E-state index is 9.27. The molecular weight excluding hydrogens is 266 g/mol. The van der Waals surface area contributed by atoms with Crippen LogP contribution in [0.25, 0.3) is 11.0 Å². The van der Waals surface area contributed by atoms with Crippen LogP contribution in [0.4, 0.5) is 0 Å². The Hall–Kier alpha value is -1.43. The molecule has 0 amide bonds. The first-order chi connectivity index (χ1) is 10.2. The van der Waals surface area contributed by atoms with Crippen molar-refractivity contribution in [2.75, 3.05) is 26.3 Å². The maximum absolute atomic E-state index is 9.27. The second kappa shape index (κ2) is 6.13. The molecule has 1 saturated heterocycles. The van der Waals surface area contributed by atoms with E-state index in [1.165, 1.54) is 5.52 Å². The van der Waals surface area contributed by atoms with Crippen LogP contribution in [-0.4, -0.2) is 58.0 Å². The van der Waals surface area contributed by atoms with Crippen molar-refractivity contribution in [1.29, 1.82) is 0 Å². The van der Waals surface area contributed by atoms with Crippen molar-refractivity contribution in [3.63, 3.8) is 0 Å². The van der Waals surface area contributed by atoms with Gasteiger partial charge in [0.05, 0.1) is 30.4 Å². The molecule has 1 aromatic carbocycles. The van der Waals surface area contributed by atoms with Gasteiger partial charge < -0.3 is 14.4 Å². The van der Waals surface area contributed by atoms with Gasteiger partial charge in [0.25, 0.3) is 0 Å². The van der Waals surface area contributed by atoms with Gasteiger partial charge in [-0.15, -0.1) is 0 Å². The number of para-hydroxylation sites is 2. The number of rotatable bonds is 4. The SMILES string of the molecule is Cc1nc2ccccc2n1CCN1CC(CO)OCC1C. The van der Waals surface area contributed by atoms with Crippen LogP contribution >= 0.6 is 0 Å². The van der Waals surface area contributed by atoms with Crippen molar-refractivity contribution < 1.29 is 9.84 Å².